The largest absolute Gasteiger partial charge is 0.480 e. The molecule has 1 amide bonds. The Kier molecular flexibility index (Phi) is 3.61. The summed E-state index contributed by atoms with van der Waals surface area (Å²) < 4.78 is 1.87. The molecule has 0 unspecified atom stereocenters. The molecule has 5 nitrogen and oxygen atoms in total. The number of carboxylic acid groups (broad SMARTS) is 1. The maximum atomic E-state index is 12.6. The van der Waals surface area contributed by atoms with E-state index in [0.29, 0.717) is 19.5 Å². The average molecular weight is 340 g/mol. The highest BCUT2D eigenvalue weighted by molar-refractivity contribution is 7.08. The standard InChI is InChI=1S/C18H16N2O3S/c21-17(22)10-20-15-4-2-1-3-13(15)14-9-19(7-5-16(14)20)18(23)12-6-8-24-11-12/h1-4,6,8,11H,5,7,9-10H2,(H,21,22). The van der Waals surface area contributed by atoms with Gasteiger partial charge in [-0.15, -0.1) is 0 Å². The third kappa shape index (κ3) is 2.39. The summed E-state index contributed by atoms with van der Waals surface area (Å²) in [5.74, 6) is -0.813. The zero-order chi connectivity index (χ0) is 16.7. The van der Waals surface area contributed by atoms with Gasteiger partial charge in [-0.1, -0.05) is 18.2 Å². The molecule has 1 aliphatic rings. The van der Waals surface area contributed by atoms with E-state index in [9.17, 15) is 14.7 Å². The minimum Gasteiger partial charge on any atom is -0.480 e. The number of rotatable bonds is 3. The molecular weight excluding hydrogens is 324 g/mol. The van der Waals surface area contributed by atoms with Gasteiger partial charge in [-0.2, -0.15) is 11.3 Å². The zero-order valence-electron chi connectivity index (χ0n) is 12.9. The fraction of sp³-hybridized carbons (Fsp3) is 0.222. The van der Waals surface area contributed by atoms with E-state index >= 15 is 0 Å². The second kappa shape index (κ2) is 5.79. The van der Waals surface area contributed by atoms with Gasteiger partial charge < -0.3 is 14.6 Å². The molecule has 0 fully saturated rings. The maximum Gasteiger partial charge on any atom is 0.323 e. The number of hydrogen-bond donors (Lipinski definition) is 1. The summed E-state index contributed by atoms with van der Waals surface area (Å²) in [4.78, 5) is 25.7. The number of para-hydroxylation sites is 1. The average Bonchev–Trinajstić information content (AvgIpc) is 3.22. The molecule has 0 saturated heterocycles. The molecule has 3 heterocycles. The molecule has 6 heteroatoms. The first-order chi connectivity index (χ1) is 11.6. The molecule has 0 aliphatic carbocycles. The molecule has 0 radical (unpaired) electrons. The Bertz CT molecular complexity index is 927. The molecule has 1 N–H and O–H groups in total. The van der Waals surface area contributed by atoms with E-state index in [0.717, 1.165) is 27.7 Å². The first kappa shape index (κ1) is 15.0. The monoisotopic (exact) mass is 340 g/mol. The fourth-order valence-electron chi connectivity index (χ4n) is 3.46. The Balaban J connectivity index is 1.76. The number of amides is 1. The fourth-order valence-corrected chi connectivity index (χ4v) is 4.09. The van der Waals surface area contributed by atoms with E-state index in [4.69, 9.17) is 0 Å². The first-order valence-corrected chi connectivity index (χ1v) is 8.71. The Morgan fingerprint density at radius 1 is 1.21 bits per heavy atom. The van der Waals surface area contributed by atoms with E-state index in [1.165, 1.54) is 11.3 Å². The Labute approximate surface area is 142 Å². The summed E-state index contributed by atoms with van der Waals surface area (Å²) in [6, 6.07) is 9.66. The lowest BCUT2D eigenvalue weighted by atomic mass is 10.0. The summed E-state index contributed by atoms with van der Waals surface area (Å²) in [6.07, 6.45) is 0.674. The molecule has 0 bridgehead atoms. The van der Waals surface area contributed by atoms with Gasteiger partial charge in [0.25, 0.3) is 5.91 Å². The van der Waals surface area contributed by atoms with Gasteiger partial charge in [0.05, 0.1) is 5.56 Å². The second-order valence-corrected chi connectivity index (χ2v) is 6.69. The van der Waals surface area contributed by atoms with Crippen LogP contribution in [0.15, 0.2) is 41.1 Å². The van der Waals surface area contributed by atoms with Crippen LogP contribution >= 0.6 is 11.3 Å². The van der Waals surface area contributed by atoms with Crippen molar-refractivity contribution in [3.63, 3.8) is 0 Å². The van der Waals surface area contributed by atoms with Crippen LogP contribution in [0.1, 0.15) is 21.6 Å². The van der Waals surface area contributed by atoms with Crippen molar-refractivity contribution >= 4 is 34.1 Å². The molecule has 122 valence electrons. The smallest absolute Gasteiger partial charge is 0.323 e. The van der Waals surface area contributed by atoms with Crippen LogP contribution in [0.3, 0.4) is 0 Å². The van der Waals surface area contributed by atoms with Gasteiger partial charge in [-0.05, 0) is 17.5 Å². The van der Waals surface area contributed by atoms with Crippen molar-refractivity contribution in [1.82, 2.24) is 9.47 Å². The van der Waals surface area contributed by atoms with E-state index in [-0.39, 0.29) is 12.5 Å². The van der Waals surface area contributed by atoms with Crippen molar-refractivity contribution in [1.29, 1.82) is 0 Å². The number of hydrogen-bond acceptors (Lipinski definition) is 3. The van der Waals surface area contributed by atoms with Crippen molar-refractivity contribution < 1.29 is 14.7 Å². The molecule has 1 aromatic carbocycles. The van der Waals surface area contributed by atoms with Crippen LogP contribution < -0.4 is 0 Å². The summed E-state index contributed by atoms with van der Waals surface area (Å²) >= 11 is 1.51. The number of carbonyl (C=O) groups is 2. The van der Waals surface area contributed by atoms with Crippen LogP contribution in [0.2, 0.25) is 0 Å². The van der Waals surface area contributed by atoms with Crippen molar-refractivity contribution in [3.05, 3.63) is 57.9 Å². The lowest BCUT2D eigenvalue weighted by Crippen LogP contribution is -2.36. The first-order valence-electron chi connectivity index (χ1n) is 7.77. The van der Waals surface area contributed by atoms with Gasteiger partial charge in [0.15, 0.2) is 0 Å². The molecule has 4 rings (SSSR count). The Morgan fingerprint density at radius 2 is 2.04 bits per heavy atom. The second-order valence-electron chi connectivity index (χ2n) is 5.91. The number of aromatic nitrogens is 1. The van der Waals surface area contributed by atoms with Crippen molar-refractivity contribution in [2.75, 3.05) is 6.54 Å². The summed E-state index contributed by atoms with van der Waals surface area (Å²) in [6.45, 7) is 1.09. The number of nitrogens with zero attached hydrogens (tertiary/aromatic N) is 2. The van der Waals surface area contributed by atoms with E-state index in [1.54, 1.807) is 0 Å². The minimum atomic E-state index is -0.852. The van der Waals surface area contributed by atoms with Crippen LogP contribution in [0, 0.1) is 0 Å². The van der Waals surface area contributed by atoms with Gasteiger partial charge in [-0.3, -0.25) is 9.59 Å². The third-order valence-corrected chi connectivity index (χ3v) is 5.19. The molecule has 2 aromatic heterocycles. The third-order valence-electron chi connectivity index (χ3n) is 4.51. The summed E-state index contributed by atoms with van der Waals surface area (Å²) in [7, 11) is 0. The number of carbonyl (C=O) groups excluding carboxylic acids is 1. The number of thiophene rings is 1. The quantitative estimate of drug-likeness (QED) is 0.797. The van der Waals surface area contributed by atoms with Crippen molar-refractivity contribution in [2.24, 2.45) is 0 Å². The highest BCUT2D eigenvalue weighted by atomic mass is 32.1. The van der Waals surface area contributed by atoms with Gasteiger partial charge in [0, 0.05) is 47.1 Å². The van der Waals surface area contributed by atoms with Gasteiger partial charge in [0.2, 0.25) is 0 Å². The zero-order valence-corrected chi connectivity index (χ0v) is 13.8. The normalized spacial score (nSPS) is 13.9. The van der Waals surface area contributed by atoms with E-state index in [2.05, 4.69) is 0 Å². The van der Waals surface area contributed by atoms with Crippen molar-refractivity contribution in [2.45, 2.75) is 19.5 Å². The Morgan fingerprint density at radius 3 is 2.79 bits per heavy atom. The number of carboxylic acids is 1. The summed E-state index contributed by atoms with van der Waals surface area (Å²) in [5.41, 5.74) is 3.75. The number of aliphatic carboxylic acids is 1. The highest BCUT2D eigenvalue weighted by Gasteiger charge is 2.27. The SMILES string of the molecule is O=C(O)Cn1c2c(c3ccccc31)CN(C(=O)c1ccsc1)CC2. The molecule has 0 atom stereocenters. The van der Waals surface area contributed by atoms with Crippen molar-refractivity contribution in [3.8, 4) is 0 Å². The minimum absolute atomic E-state index is 0.0389. The highest BCUT2D eigenvalue weighted by Crippen LogP contribution is 2.31. The Hall–Kier alpha value is -2.60. The lowest BCUT2D eigenvalue weighted by molar-refractivity contribution is -0.137. The van der Waals surface area contributed by atoms with Gasteiger partial charge >= 0.3 is 5.97 Å². The maximum absolute atomic E-state index is 12.6. The number of fused-ring (bicyclic) bond motifs is 3. The molecule has 0 spiro atoms. The van der Waals surface area contributed by atoms with Gasteiger partial charge in [-0.25, -0.2) is 0 Å². The molecule has 24 heavy (non-hydrogen) atoms. The van der Waals surface area contributed by atoms with Crippen LogP contribution in [-0.2, 0) is 24.3 Å². The van der Waals surface area contributed by atoms with Crippen LogP contribution in [-0.4, -0.2) is 33.0 Å². The van der Waals surface area contributed by atoms with E-state index in [1.807, 2.05) is 50.6 Å². The molecule has 1 aliphatic heterocycles. The number of benzene rings is 1. The van der Waals surface area contributed by atoms with Crippen LogP contribution in [0.5, 0.6) is 0 Å². The predicted molar refractivity (Wildman–Crippen MR) is 92.3 cm³/mol. The summed E-state index contributed by atoms with van der Waals surface area (Å²) in [5, 5.41) is 14.0. The molecular formula is C18H16N2O3S. The molecule has 3 aromatic rings. The van der Waals surface area contributed by atoms with Crippen LogP contribution in [0.4, 0.5) is 0 Å². The van der Waals surface area contributed by atoms with E-state index < -0.39 is 5.97 Å². The lowest BCUT2D eigenvalue weighted by Gasteiger charge is -2.28. The van der Waals surface area contributed by atoms with Crippen LogP contribution in [0.25, 0.3) is 10.9 Å². The molecule has 0 saturated carbocycles. The predicted octanol–water partition coefficient (Wildman–Crippen LogP) is 2.99. The topological polar surface area (TPSA) is 62.5 Å². The van der Waals surface area contributed by atoms with Gasteiger partial charge in [0.1, 0.15) is 6.54 Å².